The van der Waals surface area contributed by atoms with E-state index < -0.39 is 0 Å². The van der Waals surface area contributed by atoms with Gasteiger partial charge in [0.2, 0.25) is 0 Å². The zero-order valence-electron chi connectivity index (χ0n) is 13.7. The van der Waals surface area contributed by atoms with Crippen LogP contribution in [0.5, 0.6) is 0 Å². The first-order valence-corrected chi connectivity index (χ1v) is 7.49. The summed E-state index contributed by atoms with van der Waals surface area (Å²) < 4.78 is 0. The normalized spacial score (nSPS) is 9.50. The third-order valence-electron chi connectivity index (χ3n) is 3.07. The summed E-state index contributed by atoms with van der Waals surface area (Å²) in [7, 11) is 0. The molecule has 0 aliphatic rings. The number of nitrogens with one attached hydrogen (secondary N) is 6. The second-order valence-corrected chi connectivity index (χ2v) is 4.93. The van der Waals surface area contributed by atoms with Crippen LogP contribution in [0.25, 0.3) is 0 Å². The maximum atomic E-state index is 8.11. The van der Waals surface area contributed by atoms with Crippen molar-refractivity contribution in [3.63, 3.8) is 0 Å². The van der Waals surface area contributed by atoms with E-state index in [0.717, 1.165) is 0 Å². The van der Waals surface area contributed by atoms with Gasteiger partial charge in [-0.1, -0.05) is 18.2 Å². The molecular weight excluding hydrogens is 300 g/mol. The summed E-state index contributed by atoms with van der Waals surface area (Å²) in [5.74, 6) is 0.642. The second kappa shape index (κ2) is 9.78. The summed E-state index contributed by atoms with van der Waals surface area (Å²) in [4.78, 5) is 0. The molecule has 0 radical (unpaired) electrons. The molecule has 24 heavy (non-hydrogen) atoms. The van der Waals surface area contributed by atoms with E-state index in [-0.39, 0.29) is 17.5 Å². The van der Waals surface area contributed by atoms with Gasteiger partial charge in [0.1, 0.15) is 17.5 Å². The van der Waals surface area contributed by atoms with Gasteiger partial charge in [0.25, 0.3) is 0 Å². The predicted molar refractivity (Wildman–Crippen MR) is 102 cm³/mol. The first-order chi connectivity index (χ1) is 11.5. The number of amidine groups is 3. The first kappa shape index (κ1) is 18.9. The molecule has 126 valence electrons. The molecule has 6 nitrogen and oxygen atoms in total. The molecule has 0 saturated carbocycles. The van der Waals surface area contributed by atoms with Crippen LogP contribution in [0.3, 0.4) is 0 Å². The Bertz CT molecular complexity index is 557. The van der Waals surface area contributed by atoms with Gasteiger partial charge >= 0.3 is 0 Å². The highest BCUT2D eigenvalue weighted by molar-refractivity contribution is 6.06. The SMILES string of the molecule is C=CCNC(=N)c1cc(C(=N)NCC=C)cc(C(=N)NCC=C)c1. The highest BCUT2D eigenvalue weighted by Crippen LogP contribution is 2.11. The highest BCUT2D eigenvalue weighted by Gasteiger charge is 2.11. The largest absolute Gasteiger partial charge is 0.367 e. The smallest absolute Gasteiger partial charge is 0.125 e. The Kier molecular flexibility index (Phi) is 7.70. The fourth-order valence-corrected chi connectivity index (χ4v) is 1.89. The van der Waals surface area contributed by atoms with E-state index in [1.165, 1.54) is 0 Å². The van der Waals surface area contributed by atoms with Gasteiger partial charge in [-0.25, -0.2) is 0 Å². The van der Waals surface area contributed by atoms with E-state index >= 15 is 0 Å². The Hall–Kier alpha value is -3.15. The lowest BCUT2D eigenvalue weighted by molar-refractivity contribution is 1.02. The summed E-state index contributed by atoms with van der Waals surface area (Å²) >= 11 is 0. The summed E-state index contributed by atoms with van der Waals surface area (Å²) in [6.45, 7) is 12.3. The van der Waals surface area contributed by atoms with Gasteiger partial charge in [0.05, 0.1) is 0 Å². The quantitative estimate of drug-likeness (QED) is 0.237. The second-order valence-electron chi connectivity index (χ2n) is 4.93. The van der Waals surface area contributed by atoms with Crippen LogP contribution in [-0.2, 0) is 0 Å². The van der Waals surface area contributed by atoms with Gasteiger partial charge < -0.3 is 16.0 Å². The van der Waals surface area contributed by atoms with Crippen molar-refractivity contribution >= 4 is 17.5 Å². The molecule has 1 aromatic rings. The third kappa shape index (κ3) is 5.57. The minimum absolute atomic E-state index is 0.214. The van der Waals surface area contributed by atoms with Gasteiger partial charge in [0.15, 0.2) is 0 Å². The minimum atomic E-state index is 0.214. The van der Waals surface area contributed by atoms with Crippen LogP contribution >= 0.6 is 0 Å². The van der Waals surface area contributed by atoms with Gasteiger partial charge in [-0.15, -0.1) is 19.7 Å². The van der Waals surface area contributed by atoms with Gasteiger partial charge in [0, 0.05) is 36.3 Å². The highest BCUT2D eigenvalue weighted by atomic mass is 14.9. The van der Waals surface area contributed by atoms with E-state index in [4.69, 9.17) is 16.2 Å². The molecule has 0 fully saturated rings. The van der Waals surface area contributed by atoms with Crippen LogP contribution < -0.4 is 16.0 Å². The number of benzene rings is 1. The zero-order valence-corrected chi connectivity index (χ0v) is 13.7. The lowest BCUT2D eigenvalue weighted by Gasteiger charge is -2.14. The molecule has 0 saturated heterocycles. The molecule has 0 unspecified atom stereocenters. The van der Waals surface area contributed by atoms with E-state index in [1.54, 1.807) is 36.4 Å². The Balaban J connectivity index is 3.17. The predicted octanol–water partition coefficient (Wildman–Crippen LogP) is 1.99. The van der Waals surface area contributed by atoms with Crippen molar-refractivity contribution in [2.75, 3.05) is 19.6 Å². The maximum absolute atomic E-state index is 8.11. The van der Waals surface area contributed by atoms with Crippen molar-refractivity contribution in [3.05, 3.63) is 72.9 Å². The fourth-order valence-electron chi connectivity index (χ4n) is 1.89. The molecule has 1 rings (SSSR count). The molecule has 0 atom stereocenters. The van der Waals surface area contributed by atoms with Crippen molar-refractivity contribution in [3.8, 4) is 0 Å². The van der Waals surface area contributed by atoms with E-state index in [9.17, 15) is 0 Å². The van der Waals surface area contributed by atoms with E-state index in [1.807, 2.05) is 0 Å². The van der Waals surface area contributed by atoms with Crippen molar-refractivity contribution in [1.29, 1.82) is 16.2 Å². The molecule has 0 aliphatic heterocycles. The third-order valence-corrected chi connectivity index (χ3v) is 3.07. The molecule has 6 heteroatoms. The molecular formula is C18H24N6. The average Bonchev–Trinajstić information content (AvgIpc) is 2.61. The molecule has 0 amide bonds. The first-order valence-electron chi connectivity index (χ1n) is 7.49. The van der Waals surface area contributed by atoms with Crippen molar-refractivity contribution in [1.82, 2.24) is 16.0 Å². The number of rotatable bonds is 9. The standard InChI is InChI=1S/C18H24N6/c1-4-7-22-16(19)13-10-14(17(20)23-8-5-2)12-15(11-13)18(21)24-9-6-3/h4-6,10-12H,1-3,7-9H2,(H2,19,22)(H2,20,23)(H2,21,24). The average molecular weight is 324 g/mol. The molecule has 0 bridgehead atoms. The van der Waals surface area contributed by atoms with Crippen LogP contribution in [0, 0.1) is 16.2 Å². The summed E-state index contributed by atoms with van der Waals surface area (Å²) in [6.07, 6.45) is 5.00. The van der Waals surface area contributed by atoms with Gasteiger partial charge in [-0.05, 0) is 18.2 Å². The molecule has 0 aliphatic carbocycles. The van der Waals surface area contributed by atoms with Crippen LogP contribution in [0.1, 0.15) is 16.7 Å². The van der Waals surface area contributed by atoms with Crippen molar-refractivity contribution in [2.45, 2.75) is 0 Å². The van der Waals surface area contributed by atoms with Crippen molar-refractivity contribution in [2.24, 2.45) is 0 Å². The topological polar surface area (TPSA) is 108 Å². The molecule has 0 aromatic heterocycles. The molecule has 1 aromatic carbocycles. The molecule has 0 heterocycles. The Labute approximate surface area is 142 Å². The maximum Gasteiger partial charge on any atom is 0.125 e. The fraction of sp³-hybridized carbons (Fsp3) is 0.167. The zero-order chi connectivity index (χ0) is 17.9. The van der Waals surface area contributed by atoms with Crippen LogP contribution in [0.4, 0.5) is 0 Å². The van der Waals surface area contributed by atoms with E-state index in [2.05, 4.69) is 35.7 Å². The molecule has 6 N–H and O–H groups in total. The monoisotopic (exact) mass is 324 g/mol. The Morgan fingerprint density at radius 3 is 1.12 bits per heavy atom. The van der Waals surface area contributed by atoms with Gasteiger partial charge in [-0.3, -0.25) is 16.2 Å². The summed E-state index contributed by atoms with van der Waals surface area (Å²) in [5, 5.41) is 33.1. The van der Waals surface area contributed by atoms with Crippen molar-refractivity contribution < 1.29 is 0 Å². The summed E-state index contributed by atoms with van der Waals surface area (Å²) in [6, 6.07) is 5.21. The lowest BCUT2D eigenvalue weighted by Crippen LogP contribution is -2.28. The minimum Gasteiger partial charge on any atom is -0.367 e. The number of hydrogen-bond acceptors (Lipinski definition) is 3. The lowest BCUT2D eigenvalue weighted by atomic mass is 10.0. The summed E-state index contributed by atoms with van der Waals surface area (Å²) in [5.41, 5.74) is 1.79. The van der Waals surface area contributed by atoms with Crippen LogP contribution in [-0.4, -0.2) is 37.1 Å². The van der Waals surface area contributed by atoms with Crippen LogP contribution in [0.15, 0.2) is 56.2 Å². The molecule has 0 spiro atoms. The van der Waals surface area contributed by atoms with E-state index in [0.29, 0.717) is 36.3 Å². The number of hydrogen-bond donors (Lipinski definition) is 6. The Morgan fingerprint density at radius 1 is 0.667 bits per heavy atom. The van der Waals surface area contributed by atoms with Crippen LogP contribution in [0.2, 0.25) is 0 Å². The Morgan fingerprint density at radius 2 is 0.917 bits per heavy atom. The van der Waals surface area contributed by atoms with Gasteiger partial charge in [-0.2, -0.15) is 0 Å².